The van der Waals surface area contributed by atoms with Gasteiger partial charge in [-0.05, 0) is 44.6 Å². The van der Waals surface area contributed by atoms with E-state index in [-0.39, 0.29) is 11.6 Å². The molecule has 1 aromatic rings. The fraction of sp³-hybridized carbons (Fsp3) is 0.600. The average Bonchev–Trinajstić information content (AvgIpc) is 2.30. The van der Waals surface area contributed by atoms with Crippen molar-refractivity contribution in [1.29, 1.82) is 0 Å². The summed E-state index contributed by atoms with van der Waals surface area (Å²) in [7, 11) is 0. The molecule has 1 aromatic carbocycles. The molecule has 0 fully saturated rings. The molecule has 1 atom stereocenters. The number of aliphatic hydroxyl groups excluding tert-OH is 1. The van der Waals surface area contributed by atoms with E-state index in [0.29, 0.717) is 6.42 Å². The lowest BCUT2D eigenvalue weighted by Crippen LogP contribution is -2.53. The molecule has 18 heavy (non-hydrogen) atoms. The predicted octanol–water partition coefficient (Wildman–Crippen LogP) is 3.47. The summed E-state index contributed by atoms with van der Waals surface area (Å²) in [6.07, 6.45) is 0.315. The molecule has 0 heterocycles. The van der Waals surface area contributed by atoms with Crippen molar-refractivity contribution in [2.75, 3.05) is 13.1 Å². The van der Waals surface area contributed by atoms with Gasteiger partial charge in [0.2, 0.25) is 0 Å². The van der Waals surface area contributed by atoms with Crippen LogP contribution in [0, 0.1) is 0 Å². The summed E-state index contributed by atoms with van der Waals surface area (Å²) in [6.45, 7) is 10.4. The van der Waals surface area contributed by atoms with Gasteiger partial charge in [-0.1, -0.05) is 41.9 Å². The third-order valence-corrected chi connectivity index (χ3v) is 4.21. The van der Waals surface area contributed by atoms with E-state index in [1.807, 2.05) is 12.1 Å². The number of nitrogens with zero attached hydrogens (tertiary/aromatic N) is 1. The van der Waals surface area contributed by atoms with Crippen LogP contribution in [0.25, 0.3) is 0 Å². The Bertz CT molecular complexity index is 375. The quantitative estimate of drug-likeness (QED) is 0.869. The molecule has 0 amide bonds. The molecule has 0 radical (unpaired) electrons. The first-order valence-electron chi connectivity index (χ1n) is 6.59. The van der Waals surface area contributed by atoms with Gasteiger partial charge in [-0.3, -0.25) is 4.90 Å². The molecule has 102 valence electrons. The zero-order valence-corrected chi connectivity index (χ0v) is 13.4. The van der Waals surface area contributed by atoms with Crippen molar-refractivity contribution in [3.63, 3.8) is 0 Å². The van der Waals surface area contributed by atoms with Crippen molar-refractivity contribution < 1.29 is 5.11 Å². The average molecular weight is 314 g/mol. The van der Waals surface area contributed by atoms with E-state index in [9.17, 15) is 5.11 Å². The highest BCUT2D eigenvalue weighted by Gasteiger charge is 2.32. The lowest BCUT2D eigenvalue weighted by atomic mass is 9.90. The molecule has 0 bridgehead atoms. The molecular formula is C15H24BrNO. The Morgan fingerprint density at radius 3 is 2.39 bits per heavy atom. The van der Waals surface area contributed by atoms with Crippen LogP contribution in [-0.4, -0.2) is 34.7 Å². The van der Waals surface area contributed by atoms with Crippen molar-refractivity contribution >= 4 is 15.9 Å². The maximum atomic E-state index is 10.5. The van der Waals surface area contributed by atoms with Gasteiger partial charge in [0.05, 0.1) is 6.10 Å². The van der Waals surface area contributed by atoms with E-state index in [2.05, 4.69) is 60.7 Å². The lowest BCUT2D eigenvalue weighted by molar-refractivity contribution is -0.00415. The SMILES string of the molecule is CCN(CC)C(C)(C)C(O)Cc1cccc(Br)c1. The van der Waals surface area contributed by atoms with Gasteiger partial charge in [0.25, 0.3) is 0 Å². The largest absolute Gasteiger partial charge is 0.391 e. The second kappa shape index (κ2) is 6.69. The third kappa shape index (κ3) is 3.81. The number of likely N-dealkylation sites (N-methyl/N-ethyl adjacent to an activating group) is 1. The van der Waals surface area contributed by atoms with Crippen molar-refractivity contribution in [3.05, 3.63) is 34.3 Å². The summed E-state index contributed by atoms with van der Waals surface area (Å²) in [5.41, 5.74) is 0.961. The molecule has 3 heteroatoms. The van der Waals surface area contributed by atoms with Crippen molar-refractivity contribution in [3.8, 4) is 0 Å². The molecule has 0 saturated carbocycles. The van der Waals surface area contributed by atoms with E-state index >= 15 is 0 Å². The molecule has 1 rings (SSSR count). The summed E-state index contributed by atoms with van der Waals surface area (Å²) >= 11 is 3.47. The van der Waals surface area contributed by atoms with Crippen LogP contribution in [0.3, 0.4) is 0 Å². The maximum absolute atomic E-state index is 10.5. The molecule has 0 spiro atoms. The molecule has 1 N–H and O–H groups in total. The lowest BCUT2D eigenvalue weighted by Gasteiger charge is -2.41. The first-order valence-corrected chi connectivity index (χ1v) is 7.38. The Hall–Kier alpha value is -0.380. The van der Waals surface area contributed by atoms with Crippen LogP contribution in [0.15, 0.2) is 28.7 Å². The van der Waals surface area contributed by atoms with Crippen LogP contribution in [-0.2, 0) is 6.42 Å². The number of hydrogen-bond acceptors (Lipinski definition) is 2. The highest BCUT2D eigenvalue weighted by molar-refractivity contribution is 9.10. The van der Waals surface area contributed by atoms with E-state index in [4.69, 9.17) is 0 Å². The zero-order chi connectivity index (χ0) is 13.8. The summed E-state index contributed by atoms with van der Waals surface area (Å²) in [6, 6.07) is 8.15. The van der Waals surface area contributed by atoms with Gasteiger partial charge in [0, 0.05) is 16.4 Å². The highest BCUT2D eigenvalue weighted by Crippen LogP contribution is 2.23. The van der Waals surface area contributed by atoms with Gasteiger partial charge in [-0.15, -0.1) is 0 Å². The van der Waals surface area contributed by atoms with Crippen LogP contribution < -0.4 is 0 Å². The Kier molecular flexibility index (Phi) is 5.83. The molecule has 0 aliphatic carbocycles. The summed E-state index contributed by atoms with van der Waals surface area (Å²) in [5.74, 6) is 0. The van der Waals surface area contributed by atoms with E-state index in [1.165, 1.54) is 0 Å². The fourth-order valence-corrected chi connectivity index (χ4v) is 2.83. The van der Waals surface area contributed by atoms with E-state index in [0.717, 1.165) is 23.1 Å². The summed E-state index contributed by atoms with van der Waals surface area (Å²) in [4.78, 5) is 2.30. The monoisotopic (exact) mass is 313 g/mol. The minimum absolute atomic E-state index is 0.203. The summed E-state index contributed by atoms with van der Waals surface area (Å²) in [5, 5.41) is 10.5. The second-order valence-corrected chi connectivity index (χ2v) is 6.09. The molecule has 0 aromatic heterocycles. The van der Waals surface area contributed by atoms with Gasteiger partial charge in [-0.2, -0.15) is 0 Å². The fourth-order valence-electron chi connectivity index (χ4n) is 2.39. The van der Waals surface area contributed by atoms with Gasteiger partial charge >= 0.3 is 0 Å². The minimum atomic E-state index is -0.369. The Morgan fingerprint density at radius 1 is 1.28 bits per heavy atom. The van der Waals surface area contributed by atoms with Gasteiger partial charge in [0.1, 0.15) is 0 Å². The molecule has 0 aliphatic heterocycles. The van der Waals surface area contributed by atoms with E-state index < -0.39 is 0 Å². The number of hydrogen-bond donors (Lipinski definition) is 1. The van der Waals surface area contributed by atoms with E-state index in [1.54, 1.807) is 0 Å². The van der Waals surface area contributed by atoms with Crippen LogP contribution in [0.1, 0.15) is 33.3 Å². The first kappa shape index (κ1) is 15.7. The molecule has 1 unspecified atom stereocenters. The van der Waals surface area contributed by atoms with Crippen LogP contribution in [0.5, 0.6) is 0 Å². The van der Waals surface area contributed by atoms with Crippen molar-refractivity contribution in [2.24, 2.45) is 0 Å². The smallest absolute Gasteiger partial charge is 0.0758 e. The molecule has 0 aliphatic rings. The number of benzene rings is 1. The topological polar surface area (TPSA) is 23.5 Å². The van der Waals surface area contributed by atoms with Crippen molar-refractivity contribution in [2.45, 2.75) is 45.8 Å². The Labute approximate surface area is 119 Å². The number of halogens is 1. The predicted molar refractivity (Wildman–Crippen MR) is 80.9 cm³/mol. The van der Waals surface area contributed by atoms with Gasteiger partial charge < -0.3 is 5.11 Å². The first-order chi connectivity index (χ1) is 8.41. The van der Waals surface area contributed by atoms with Crippen LogP contribution in [0.4, 0.5) is 0 Å². The maximum Gasteiger partial charge on any atom is 0.0758 e. The van der Waals surface area contributed by atoms with Gasteiger partial charge in [-0.25, -0.2) is 0 Å². The Morgan fingerprint density at radius 2 is 1.89 bits per heavy atom. The number of aliphatic hydroxyl groups is 1. The van der Waals surface area contributed by atoms with Crippen LogP contribution >= 0.6 is 15.9 Å². The zero-order valence-electron chi connectivity index (χ0n) is 11.8. The van der Waals surface area contributed by atoms with Gasteiger partial charge in [0.15, 0.2) is 0 Å². The second-order valence-electron chi connectivity index (χ2n) is 5.18. The normalized spacial score (nSPS) is 13.9. The highest BCUT2D eigenvalue weighted by atomic mass is 79.9. The minimum Gasteiger partial charge on any atom is -0.391 e. The molecular weight excluding hydrogens is 290 g/mol. The standard InChI is InChI=1S/C15H24BrNO/c1-5-17(6-2)15(3,4)14(18)11-12-8-7-9-13(16)10-12/h7-10,14,18H,5-6,11H2,1-4H3. The van der Waals surface area contributed by atoms with Crippen LogP contribution in [0.2, 0.25) is 0 Å². The molecule has 0 saturated heterocycles. The number of rotatable bonds is 6. The van der Waals surface area contributed by atoms with Crippen molar-refractivity contribution in [1.82, 2.24) is 4.90 Å². The summed E-state index contributed by atoms with van der Waals surface area (Å²) < 4.78 is 1.06. The third-order valence-electron chi connectivity index (χ3n) is 3.71. The Balaban J connectivity index is 2.78. The molecule has 2 nitrogen and oxygen atoms in total.